The van der Waals surface area contributed by atoms with Crippen molar-refractivity contribution in [1.82, 2.24) is 0 Å². The molecule has 0 aromatic heterocycles. The molecular formula is C26H24F6O. The maximum absolute atomic E-state index is 13.5. The van der Waals surface area contributed by atoms with Crippen molar-refractivity contribution in [3.8, 4) is 28.0 Å². The van der Waals surface area contributed by atoms with Crippen molar-refractivity contribution in [2.24, 2.45) is 0 Å². The van der Waals surface area contributed by atoms with E-state index in [0.29, 0.717) is 5.56 Å². The molecule has 0 spiro atoms. The molecule has 1 atom stereocenters. The Morgan fingerprint density at radius 1 is 0.727 bits per heavy atom. The summed E-state index contributed by atoms with van der Waals surface area (Å²) in [4.78, 5) is 0. The molecule has 0 amide bonds. The van der Waals surface area contributed by atoms with Crippen LogP contribution in [0, 0.1) is 0 Å². The van der Waals surface area contributed by atoms with E-state index in [2.05, 4.69) is 23.8 Å². The van der Waals surface area contributed by atoms with Crippen molar-refractivity contribution in [2.45, 2.75) is 51.1 Å². The van der Waals surface area contributed by atoms with Crippen LogP contribution in [-0.2, 0) is 6.42 Å². The maximum atomic E-state index is 13.5. The van der Waals surface area contributed by atoms with Gasteiger partial charge in [-0.2, -0.15) is 22.0 Å². The molecule has 0 fully saturated rings. The Balaban J connectivity index is 1.80. The van der Waals surface area contributed by atoms with E-state index in [9.17, 15) is 26.3 Å². The highest BCUT2D eigenvalue weighted by molar-refractivity contribution is 5.83. The Morgan fingerprint density at radius 3 is 1.73 bits per heavy atom. The molecule has 1 unspecified atom stereocenters. The highest BCUT2D eigenvalue weighted by Gasteiger charge is 2.59. The summed E-state index contributed by atoms with van der Waals surface area (Å²) in [6.45, 7) is 2.16. The predicted molar refractivity (Wildman–Crippen MR) is 117 cm³/mol. The standard InChI is InChI=1S/C26H24F6O/c1-2-3-4-7-18-10-12-19(13-11-18)22-8-5-6-9-23(22)20-14-16-21(17-15-20)33-26(31,32)24(27)25(28,29)30/h5-6,8-17,24H,2-4,7H2,1H3. The van der Waals surface area contributed by atoms with Crippen molar-refractivity contribution in [3.05, 3.63) is 78.4 Å². The van der Waals surface area contributed by atoms with Gasteiger partial charge in [-0.1, -0.05) is 80.4 Å². The van der Waals surface area contributed by atoms with Gasteiger partial charge in [-0.05, 0) is 52.8 Å². The van der Waals surface area contributed by atoms with Gasteiger partial charge >= 0.3 is 12.3 Å². The van der Waals surface area contributed by atoms with Crippen LogP contribution in [0.1, 0.15) is 31.7 Å². The van der Waals surface area contributed by atoms with Crippen LogP contribution in [0.4, 0.5) is 26.3 Å². The highest BCUT2D eigenvalue weighted by atomic mass is 19.4. The third-order valence-corrected chi connectivity index (χ3v) is 5.26. The Morgan fingerprint density at radius 2 is 1.24 bits per heavy atom. The lowest BCUT2D eigenvalue weighted by atomic mass is 9.93. The average Bonchev–Trinajstić information content (AvgIpc) is 2.79. The molecule has 0 aliphatic heterocycles. The Bertz CT molecular complexity index is 1030. The quantitative estimate of drug-likeness (QED) is 0.227. The van der Waals surface area contributed by atoms with E-state index in [-0.39, 0.29) is 0 Å². The normalized spacial score (nSPS) is 13.1. The summed E-state index contributed by atoms with van der Waals surface area (Å²) in [7, 11) is 0. The van der Waals surface area contributed by atoms with Crippen molar-refractivity contribution >= 4 is 0 Å². The largest absolute Gasteiger partial charge is 0.439 e. The highest BCUT2D eigenvalue weighted by Crippen LogP contribution is 2.38. The molecule has 33 heavy (non-hydrogen) atoms. The van der Waals surface area contributed by atoms with Crippen molar-refractivity contribution in [1.29, 1.82) is 0 Å². The molecule has 7 heteroatoms. The number of benzene rings is 3. The number of hydrogen-bond donors (Lipinski definition) is 0. The van der Waals surface area contributed by atoms with Gasteiger partial charge in [-0.25, -0.2) is 4.39 Å². The van der Waals surface area contributed by atoms with Crippen molar-refractivity contribution in [3.63, 3.8) is 0 Å². The van der Waals surface area contributed by atoms with Gasteiger partial charge in [0.2, 0.25) is 0 Å². The zero-order valence-corrected chi connectivity index (χ0v) is 18.0. The van der Waals surface area contributed by atoms with E-state index in [1.54, 1.807) is 0 Å². The van der Waals surface area contributed by atoms with E-state index >= 15 is 0 Å². The zero-order chi connectivity index (χ0) is 24.1. The monoisotopic (exact) mass is 466 g/mol. The van der Waals surface area contributed by atoms with E-state index in [1.165, 1.54) is 24.1 Å². The van der Waals surface area contributed by atoms with Crippen molar-refractivity contribution in [2.75, 3.05) is 0 Å². The first-order valence-corrected chi connectivity index (χ1v) is 10.7. The Labute approximate surface area is 189 Å². The summed E-state index contributed by atoms with van der Waals surface area (Å²) in [5.41, 5.74) is 4.60. The van der Waals surface area contributed by atoms with Gasteiger partial charge in [0.1, 0.15) is 5.75 Å². The van der Waals surface area contributed by atoms with Gasteiger partial charge in [-0.15, -0.1) is 0 Å². The minimum atomic E-state index is -5.73. The molecule has 0 heterocycles. The van der Waals surface area contributed by atoms with Crippen LogP contribution in [0.2, 0.25) is 0 Å². The second-order valence-electron chi connectivity index (χ2n) is 7.79. The minimum Gasteiger partial charge on any atom is -0.430 e. The molecule has 0 saturated carbocycles. The molecule has 176 valence electrons. The SMILES string of the molecule is CCCCCc1ccc(-c2ccccc2-c2ccc(OC(F)(F)C(F)C(F)(F)F)cc2)cc1. The van der Waals surface area contributed by atoms with Crippen molar-refractivity contribution < 1.29 is 31.1 Å². The van der Waals surface area contributed by atoms with Gasteiger partial charge in [0.05, 0.1) is 0 Å². The van der Waals surface area contributed by atoms with Crippen LogP contribution in [0.25, 0.3) is 22.3 Å². The van der Waals surface area contributed by atoms with Crippen LogP contribution in [-0.4, -0.2) is 18.5 Å². The third kappa shape index (κ3) is 6.30. The number of hydrogen-bond acceptors (Lipinski definition) is 1. The fourth-order valence-corrected chi connectivity index (χ4v) is 3.52. The lowest BCUT2D eigenvalue weighted by Crippen LogP contribution is -2.45. The summed E-state index contributed by atoms with van der Waals surface area (Å²) < 4.78 is 81.1. The smallest absolute Gasteiger partial charge is 0.430 e. The molecular weight excluding hydrogens is 442 g/mol. The van der Waals surface area contributed by atoms with Gasteiger partial charge in [-0.3, -0.25) is 0 Å². The fourth-order valence-electron chi connectivity index (χ4n) is 3.52. The number of ether oxygens (including phenoxy) is 1. The molecule has 0 N–H and O–H groups in total. The molecule has 0 bridgehead atoms. The fraction of sp³-hybridized carbons (Fsp3) is 0.308. The zero-order valence-electron chi connectivity index (χ0n) is 18.0. The van der Waals surface area contributed by atoms with Crippen LogP contribution in [0.15, 0.2) is 72.8 Å². The van der Waals surface area contributed by atoms with E-state index in [0.717, 1.165) is 48.1 Å². The van der Waals surface area contributed by atoms with E-state index < -0.39 is 24.2 Å². The lowest BCUT2D eigenvalue weighted by molar-refractivity contribution is -0.304. The molecule has 0 aliphatic carbocycles. The molecule has 3 rings (SSSR count). The Hall–Kier alpha value is -2.96. The molecule has 0 saturated heterocycles. The first kappa shape index (κ1) is 24.7. The van der Waals surface area contributed by atoms with Gasteiger partial charge in [0.25, 0.3) is 6.17 Å². The van der Waals surface area contributed by atoms with Crippen LogP contribution in [0.5, 0.6) is 5.75 Å². The second-order valence-corrected chi connectivity index (χ2v) is 7.79. The predicted octanol–water partition coefficient (Wildman–Crippen LogP) is 8.63. The number of halogens is 6. The van der Waals surface area contributed by atoms with E-state index in [1.807, 2.05) is 36.4 Å². The number of alkyl halides is 6. The summed E-state index contributed by atoms with van der Waals surface area (Å²) >= 11 is 0. The summed E-state index contributed by atoms with van der Waals surface area (Å²) in [6, 6.07) is 20.8. The first-order valence-electron chi connectivity index (χ1n) is 10.7. The third-order valence-electron chi connectivity index (χ3n) is 5.26. The van der Waals surface area contributed by atoms with Crippen LogP contribution < -0.4 is 4.74 Å². The minimum absolute atomic E-state index is 0.565. The first-order chi connectivity index (χ1) is 15.6. The summed E-state index contributed by atoms with van der Waals surface area (Å²) in [6.07, 6.45) is -10.7. The number of rotatable bonds is 9. The Kier molecular flexibility index (Phi) is 7.72. The molecule has 0 radical (unpaired) electrons. The molecule has 3 aromatic carbocycles. The van der Waals surface area contributed by atoms with Gasteiger partial charge in [0, 0.05) is 0 Å². The number of aryl methyl sites for hydroxylation is 1. The van der Waals surface area contributed by atoms with Gasteiger partial charge in [0.15, 0.2) is 0 Å². The second kappa shape index (κ2) is 10.3. The molecule has 3 aromatic rings. The summed E-state index contributed by atoms with van der Waals surface area (Å²) in [5.74, 6) is -0.565. The molecule has 1 nitrogen and oxygen atoms in total. The maximum Gasteiger partial charge on any atom is 0.439 e. The summed E-state index contributed by atoms with van der Waals surface area (Å²) in [5, 5.41) is 0. The number of unbranched alkanes of at least 4 members (excludes halogenated alkanes) is 2. The lowest BCUT2D eigenvalue weighted by Gasteiger charge is -2.23. The topological polar surface area (TPSA) is 9.23 Å². The van der Waals surface area contributed by atoms with Gasteiger partial charge < -0.3 is 4.74 Å². The van der Waals surface area contributed by atoms with E-state index in [4.69, 9.17) is 0 Å². The average molecular weight is 466 g/mol. The van der Waals surface area contributed by atoms with Crippen LogP contribution >= 0.6 is 0 Å². The van der Waals surface area contributed by atoms with Crippen LogP contribution in [0.3, 0.4) is 0 Å². The molecule has 0 aliphatic rings.